The number of halogens is 1. The Kier molecular flexibility index (Phi) is 6.45. The maximum absolute atomic E-state index is 12.5. The van der Waals surface area contributed by atoms with Crippen LogP contribution in [0.15, 0.2) is 18.2 Å². The van der Waals surface area contributed by atoms with E-state index in [2.05, 4.69) is 10.2 Å². The van der Waals surface area contributed by atoms with E-state index in [1.807, 2.05) is 6.92 Å². The zero-order valence-corrected chi connectivity index (χ0v) is 14.9. The number of piperidine rings is 1. The summed E-state index contributed by atoms with van der Waals surface area (Å²) < 4.78 is 10.0. The minimum Gasteiger partial charge on any atom is -0.495 e. The van der Waals surface area contributed by atoms with Crippen LogP contribution in [0.5, 0.6) is 5.75 Å². The Morgan fingerprint density at radius 2 is 1.96 bits per heavy atom. The molecule has 132 valence electrons. The van der Waals surface area contributed by atoms with E-state index in [0.29, 0.717) is 42.4 Å². The number of carbonyl (C=O) groups excluding carboxylic acids is 2. The number of ether oxygens (including phenoxy) is 2. The van der Waals surface area contributed by atoms with E-state index >= 15 is 0 Å². The van der Waals surface area contributed by atoms with Crippen molar-refractivity contribution in [3.63, 3.8) is 0 Å². The van der Waals surface area contributed by atoms with Crippen molar-refractivity contribution in [3.05, 3.63) is 23.2 Å². The van der Waals surface area contributed by atoms with Gasteiger partial charge in [-0.05, 0) is 51.1 Å². The zero-order valence-electron chi connectivity index (χ0n) is 14.2. The second kappa shape index (κ2) is 8.35. The molecular formula is C17H23ClN2O4. The topological polar surface area (TPSA) is 67.9 Å². The Morgan fingerprint density at radius 3 is 2.54 bits per heavy atom. The van der Waals surface area contributed by atoms with Gasteiger partial charge in [0.1, 0.15) is 5.75 Å². The fourth-order valence-corrected chi connectivity index (χ4v) is 3.04. The van der Waals surface area contributed by atoms with Crippen molar-refractivity contribution in [2.75, 3.05) is 32.6 Å². The summed E-state index contributed by atoms with van der Waals surface area (Å²) >= 11 is 5.98. The first-order valence-electron chi connectivity index (χ1n) is 7.92. The number of amides is 1. The summed E-state index contributed by atoms with van der Waals surface area (Å²) in [5, 5.41) is 3.39. The van der Waals surface area contributed by atoms with Crippen LogP contribution in [0.2, 0.25) is 5.02 Å². The molecule has 0 bridgehead atoms. The van der Waals surface area contributed by atoms with Crippen molar-refractivity contribution in [3.8, 4) is 5.75 Å². The molecule has 1 amide bonds. The van der Waals surface area contributed by atoms with E-state index in [1.165, 1.54) is 7.11 Å². The fraction of sp³-hybridized carbons (Fsp3) is 0.529. The molecule has 1 aromatic rings. The number of methoxy groups -OCH3 is 2. The standard InChI is InChI=1S/C17H23ClN2O4/c1-11(20-8-6-12(7-9-20)17(22)24-3)16(21)19-14-10-13(18)4-5-15(14)23-2/h4-5,10-12H,6-9H2,1-3H3,(H,19,21)/t11-/m0/s1. The fourth-order valence-electron chi connectivity index (χ4n) is 2.87. The molecule has 1 aliphatic rings. The largest absolute Gasteiger partial charge is 0.495 e. The van der Waals surface area contributed by atoms with E-state index in [-0.39, 0.29) is 23.8 Å². The number of benzene rings is 1. The quantitative estimate of drug-likeness (QED) is 0.823. The van der Waals surface area contributed by atoms with Crippen molar-refractivity contribution in [1.82, 2.24) is 4.90 Å². The van der Waals surface area contributed by atoms with Gasteiger partial charge >= 0.3 is 5.97 Å². The Balaban J connectivity index is 1.96. The summed E-state index contributed by atoms with van der Waals surface area (Å²) in [4.78, 5) is 26.2. The van der Waals surface area contributed by atoms with Gasteiger partial charge < -0.3 is 14.8 Å². The van der Waals surface area contributed by atoms with Crippen LogP contribution < -0.4 is 10.1 Å². The third kappa shape index (κ3) is 4.39. The molecule has 0 spiro atoms. The normalized spacial score (nSPS) is 17.2. The second-order valence-corrected chi connectivity index (χ2v) is 6.28. The molecular weight excluding hydrogens is 332 g/mol. The van der Waals surface area contributed by atoms with Crippen molar-refractivity contribution in [2.45, 2.75) is 25.8 Å². The van der Waals surface area contributed by atoms with E-state index < -0.39 is 0 Å². The summed E-state index contributed by atoms with van der Waals surface area (Å²) in [5.74, 6) is 0.182. The number of likely N-dealkylation sites (tertiary alicyclic amines) is 1. The smallest absolute Gasteiger partial charge is 0.308 e. The average molecular weight is 355 g/mol. The SMILES string of the molecule is COC(=O)C1CCN([C@@H](C)C(=O)Nc2cc(Cl)ccc2OC)CC1. The van der Waals surface area contributed by atoms with Gasteiger partial charge in [-0.1, -0.05) is 11.6 Å². The summed E-state index contributed by atoms with van der Waals surface area (Å²) in [7, 11) is 2.95. The van der Waals surface area contributed by atoms with E-state index in [0.717, 1.165) is 0 Å². The maximum Gasteiger partial charge on any atom is 0.308 e. The second-order valence-electron chi connectivity index (χ2n) is 5.84. The van der Waals surface area contributed by atoms with Crippen LogP contribution in [-0.4, -0.2) is 50.1 Å². The van der Waals surface area contributed by atoms with E-state index in [1.54, 1.807) is 25.3 Å². The molecule has 0 unspecified atom stereocenters. The highest BCUT2D eigenvalue weighted by molar-refractivity contribution is 6.31. The Hall–Kier alpha value is -1.79. The van der Waals surface area contributed by atoms with E-state index in [4.69, 9.17) is 21.1 Å². The predicted molar refractivity (Wildman–Crippen MR) is 92.4 cm³/mol. The number of hydrogen-bond donors (Lipinski definition) is 1. The van der Waals surface area contributed by atoms with E-state index in [9.17, 15) is 9.59 Å². The van der Waals surface area contributed by atoms with Crippen LogP contribution >= 0.6 is 11.6 Å². The van der Waals surface area contributed by atoms with Crippen molar-refractivity contribution in [2.24, 2.45) is 5.92 Å². The summed E-state index contributed by atoms with van der Waals surface area (Å²) in [6.07, 6.45) is 1.40. The molecule has 2 rings (SSSR count). The summed E-state index contributed by atoms with van der Waals surface area (Å²) in [5.41, 5.74) is 0.547. The molecule has 1 saturated heterocycles. The molecule has 1 atom stereocenters. The van der Waals surface area contributed by atoms with Crippen molar-refractivity contribution in [1.29, 1.82) is 0 Å². The Morgan fingerprint density at radius 1 is 1.29 bits per heavy atom. The van der Waals surface area contributed by atoms with Crippen LogP contribution in [0.1, 0.15) is 19.8 Å². The highest BCUT2D eigenvalue weighted by Crippen LogP contribution is 2.28. The van der Waals surface area contributed by atoms with Crippen molar-refractivity contribution < 1.29 is 19.1 Å². The molecule has 1 heterocycles. The lowest BCUT2D eigenvalue weighted by Crippen LogP contribution is -2.47. The maximum atomic E-state index is 12.5. The molecule has 0 aliphatic carbocycles. The number of nitrogens with one attached hydrogen (secondary N) is 1. The molecule has 1 N–H and O–H groups in total. The monoisotopic (exact) mass is 354 g/mol. The van der Waals surface area contributed by atoms with Gasteiger partial charge in [0.15, 0.2) is 0 Å². The van der Waals surface area contributed by atoms with Crippen LogP contribution in [0.4, 0.5) is 5.69 Å². The number of anilines is 1. The van der Waals surface area contributed by atoms with Gasteiger partial charge in [-0.25, -0.2) is 0 Å². The lowest BCUT2D eigenvalue weighted by atomic mass is 9.96. The van der Waals surface area contributed by atoms with Gasteiger partial charge in [0.2, 0.25) is 5.91 Å². The van der Waals surface area contributed by atoms with Crippen LogP contribution in [0.3, 0.4) is 0 Å². The number of carbonyl (C=O) groups is 2. The average Bonchev–Trinajstić information content (AvgIpc) is 2.60. The van der Waals surface area contributed by atoms with Gasteiger partial charge in [0.05, 0.1) is 31.9 Å². The summed E-state index contributed by atoms with van der Waals surface area (Å²) in [6.45, 7) is 3.22. The number of hydrogen-bond acceptors (Lipinski definition) is 5. The van der Waals surface area contributed by atoms with Gasteiger partial charge in [-0.2, -0.15) is 0 Å². The number of rotatable bonds is 5. The predicted octanol–water partition coefficient (Wildman–Crippen LogP) is 2.56. The highest BCUT2D eigenvalue weighted by atomic mass is 35.5. The molecule has 6 nitrogen and oxygen atoms in total. The lowest BCUT2D eigenvalue weighted by Gasteiger charge is -2.34. The minimum absolute atomic E-state index is 0.0745. The first kappa shape index (κ1) is 18.5. The Bertz CT molecular complexity index is 600. The molecule has 24 heavy (non-hydrogen) atoms. The van der Waals surface area contributed by atoms with Gasteiger partial charge in [0, 0.05) is 5.02 Å². The zero-order chi connectivity index (χ0) is 17.7. The molecule has 1 fully saturated rings. The first-order chi connectivity index (χ1) is 11.5. The van der Waals surface area contributed by atoms with Crippen LogP contribution in [0, 0.1) is 5.92 Å². The van der Waals surface area contributed by atoms with Gasteiger partial charge in [-0.15, -0.1) is 0 Å². The molecule has 1 aliphatic heterocycles. The third-order valence-electron chi connectivity index (χ3n) is 4.41. The molecule has 7 heteroatoms. The minimum atomic E-state index is -0.313. The number of nitrogens with zero attached hydrogens (tertiary/aromatic N) is 1. The molecule has 0 radical (unpaired) electrons. The van der Waals surface area contributed by atoms with Crippen LogP contribution in [0.25, 0.3) is 0 Å². The van der Waals surface area contributed by atoms with Gasteiger partial charge in [-0.3, -0.25) is 14.5 Å². The van der Waals surface area contributed by atoms with Crippen molar-refractivity contribution >= 4 is 29.2 Å². The Labute approximate surface area is 147 Å². The lowest BCUT2D eigenvalue weighted by molar-refractivity contribution is -0.147. The molecule has 1 aromatic carbocycles. The first-order valence-corrected chi connectivity index (χ1v) is 8.30. The summed E-state index contributed by atoms with van der Waals surface area (Å²) in [6, 6.07) is 4.77. The molecule has 0 aromatic heterocycles. The van der Waals surface area contributed by atoms with Crippen LogP contribution in [-0.2, 0) is 14.3 Å². The molecule has 0 saturated carbocycles. The number of esters is 1. The van der Waals surface area contributed by atoms with Gasteiger partial charge in [0.25, 0.3) is 0 Å². The highest BCUT2D eigenvalue weighted by Gasteiger charge is 2.30. The third-order valence-corrected chi connectivity index (χ3v) is 4.65.